The smallest absolute Gasteiger partial charge is 0.411 e. The van der Waals surface area contributed by atoms with Crippen molar-refractivity contribution in [3.8, 4) is 10.4 Å². The number of ether oxygens (including phenoxy) is 1. The molecule has 0 bridgehead atoms. The van der Waals surface area contributed by atoms with Crippen molar-refractivity contribution in [2.75, 3.05) is 31.2 Å². The van der Waals surface area contributed by atoms with Crippen LogP contribution in [0.15, 0.2) is 35.7 Å². The number of amides is 1. The number of hydrogen-bond donors (Lipinski definition) is 2. The van der Waals surface area contributed by atoms with E-state index < -0.39 is 6.09 Å². The lowest BCUT2D eigenvalue weighted by Gasteiger charge is -2.19. The van der Waals surface area contributed by atoms with E-state index in [1.54, 1.807) is 17.4 Å². The van der Waals surface area contributed by atoms with Gasteiger partial charge >= 0.3 is 6.09 Å². The second kappa shape index (κ2) is 7.02. The minimum atomic E-state index is -0.436. The summed E-state index contributed by atoms with van der Waals surface area (Å²) < 4.78 is 5.38. The maximum atomic E-state index is 12.1. The predicted molar refractivity (Wildman–Crippen MR) is 94.8 cm³/mol. The minimum Gasteiger partial charge on any atom is -0.448 e. The maximum Gasteiger partial charge on any atom is 0.411 e. The molecule has 2 aromatic rings. The van der Waals surface area contributed by atoms with Crippen LogP contribution >= 0.6 is 11.3 Å². The molecule has 6 heteroatoms. The van der Waals surface area contributed by atoms with Crippen LogP contribution in [0.25, 0.3) is 10.4 Å². The summed E-state index contributed by atoms with van der Waals surface area (Å²) in [7, 11) is 2.06. The van der Waals surface area contributed by atoms with Crippen LogP contribution in [0.2, 0.25) is 0 Å². The molecular formula is C17H21N3O2S. The summed E-state index contributed by atoms with van der Waals surface area (Å²) in [6.45, 7) is 1.48. The van der Waals surface area contributed by atoms with Crippen LogP contribution in [0.5, 0.6) is 0 Å². The Hall–Kier alpha value is -2.05. The lowest BCUT2D eigenvalue weighted by atomic mass is 10.1. The van der Waals surface area contributed by atoms with E-state index in [0.717, 1.165) is 29.8 Å². The van der Waals surface area contributed by atoms with E-state index in [-0.39, 0.29) is 0 Å². The first kappa shape index (κ1) is 15.8. The van der Waals surface area contributed by atoms with Crippen LogP contribution in [-0.4, -0.2) is 37.2 Å². The van der Waals surface area contributed by atoms with E-state index in [1.807, 2.05) is 29.6 Å². The third-order valence-electron chi connectivity index (χ3n) is 4.15. The van der Waals surface area contributed by atoms with Crippen molar-refractivity contribution < 1.29 is 9.53 Å². The van der Waals surface area contributed by atoms with Gasteiger partial charge in [-0.3, -0.25) is 5.32 Å². The van der Waals surface area contributed by atoms with Gasteiger partial charge in [0.25, 0.3) is 0 Å². The van der Waals surface area contributed by atoms with Gasteiger partial charge in [0.05, 0.1) is 5.69 Å². The number of rotatable bonds is 4. The monoisotopic (exact) mass is 331 g/mol. The fourth-order valence-electron chi connectivity index (χ4n) is 2.82. The maximum absolute atomic E-state index is 12.1. The number of nitrogens with one attached hydrogen (secondary N) is 1. The van der Waals surface area contributed by atoms with Crippen molar-refractivity contribution in [3.63, 3.8) is 0 Å². The van der Waals surface area contributed by atoms with E-state index in [9.17, 15) is 4.79 Å². The summed E-state index contributed by atoms with van der Waals surface area (Å²) >= 11 is 1.62. The number of anilines is 2. The number of carbonyl (C=O) groups is 1. The van der Waals surface area contributed by atoms with Gasteiger partial charge in [-0.2, -0.15) is 0 Å². The number of nitrogens with two attached hydrogens (primary N) is 1. The van der Waals surface area contributed by atoms with E-state index in [2.05, 4.69) is 17.3 Å². The second-order valence-corrected chi connectivity index (χ2v) is 6.73. The number of nitrogens with zero attached hydrogens (tertiary/aromatic N) is 1. The van der Waals surface area contributed by atoms with Gasteiger partial charge in [0.2, 0.25) is 0 Å². The summed E-state index contributed by atoms with van der Waals surface area (Å²) in [5.74, 6) is 0. The minimum absolute atomic E-state index is 0.318. The van der Waals surface area contributed by atoms with Crippen molar-refractivity contribution in [1.29, 1.82) is 0 Å². The molecule has 2 heterocycles. The molecular weight excluding hydrogens is 310 g/mol. The van der Waals surface area contributed by atoms with Crippen LogP contribution in [0, 0.1) is 0 Å². The summed E-state index contributed by atoms with van der Waals surface area (Å²) in [5, 5.41) is 4.83. The van der Waals surface area contributed by atoms with Gasteiger partial charge in [0.15, 0.2) is 0 Å². The third kappa shape index (κ3) is 3.83. The number of thiophene rings is 1. The molecule has 3 N–H and O–H groups in total. The summed E-state index contributed by atoms with van der Waals surface area (Å²) in [5.41, 5.74) is 8.09. The van der Waals surface area contributed by atoms with Gasteiger partial charge in [-0.1, -0.05) is 6.07 Å². The molecule has 1 unspecified atom stereocenters. The molecule has 1 aliphatic rings. The van der Waals surface area contributed by atoms with Crippen molar-refractivity contribution >= 4 is 28.8 Å². The first-order valence-corrected chi connectivity index (χ1v) is 8.59. The molecule has 1 aromatic carbocycles. The van der Waals surface area contributed by atoms with Gasteiger partial charge in [0.1, 0.15) is 6.61 Å². The average molecular weight is 331 g/mol. The van der Waals surface area contributed by atoms with Crippen LogP contribution in [0.3, 0.4) is 0 Å². The molecule has 1 aromatic heterocycles. The molecule has 0 radical (unpaired) electrons. The van der Waals surface area contributed by atoms with Crippen LogP contribution in [0.1, 0.15) is 12.8 Å². The van der Waals surface area contributed by atoms with Crippen LogP contribution in [0.4, 0.5) is 16.2 Å². The lowest BCUT2D eigenvalue weighted by molar-refractivity contribution is 0.127. The average Bonchev–Trinajstić information content (AvgIpc) is 3.17. The van der Waals surface area contributed by atoms with E-state index in [4.69, 9.17) is 10.5 Å². The molecule has 1 saturated heterocycles. The Morgan fingerprint density at radius 2 is 2.35 bits per heavy atom. The van der Waals surface area contributed by atoms with Crippen molar-refractivity contribution in [2.24, 2.45) is 0 Å². The quantitative estimate of drug-likeness (QED) is 0.839. The molecule has 0 saturated carbocycles. The zero-order valence-corrected chi connectivity index (χ0v) is 13.9. The predicted octanol–water partition coefficient (Wildman–Crippen LogP) is 3.64. The number of likely N-dealkylation sites (tertiary alicyclic amines) is 1. The molecule has 5 nitrogen and oxygen atoms in total. The molecule has 3 rings (SSSR count). The van der Waals surface area contributed by atoms with Gasteiger partial charge < -0.3 is 15.4 Å². The highest BCUT2D eigenvalue weighted by atomic mass is 32.1. The number of hydrogen-bond acceptors (Lipinski definition) is 5. The van der Waals surface area contributed by atoms with Crippen molar-refractivity contribution in [2.45, 2.75) is 18.9 Å². The van der Waals surface area contributed by atoms with Crippen LogP contribution in [-0.2, 0) is 4.74 Å². The normalized spacial score (nSPS) is 18.0. The Labute approximate surface area is 140 Å². The largest absolute Gasteiger partial charge is 0.448 e. The van der Waals surface area contributed by atoms with Gasteiger partial charge in [-0.25, -0.2) is 4.79 Å². The van der Waals surface area contributed by atoms with E-state index in [1.165, 1.54) is 0 Å². The van der Waals surface area contributed by atoms with Crippen molar-refractivity contribution in [3.05, 3.63) is 35.7 Å². The highest BCUT2D eigenvalue weighted by Crippen LogP contribution is 2.33. The number of carbonyl (C=O) groups excluding carboxylic acids is 1. The Morgan fingerprint density at radius 3 is 3.04 bits per heavy atom. The molecule has 1 fully saturated rings. The molecule has 1 amide bonds. The SMILES string of the molecule is CN1CCCC1COC(=O)Nc1cc(N)ccc1-c1cccs1. The molecule has 122 valence electrons. The molecule has 0 spiro atoms. The first-order valence-electron chi connectivity index (χ1n) is 7.71. The Morgan fingerprint density at radius 1 is 1.48 bits per heavy atom. The third-order valence-corrected chi connectivity index (χ3v) is 5.05. The highest BCUT2D eigenvalue weighted by molar-refractivity contribution is 7.13. The fourth-order valence-corrected chi connectivity index (χ4v) is 3.59. The molecule has 1 aliphatic heterocycles. The number of benzene rings is 1. The lowest BCUT2D eigenvalue weighted by Crippen LogP contribution is -2.31. The highest BCUT2D eigenvalue weighted by Gasteiger charge is 2.22. The number of nitrogen functional groups attached to an aromatic ring is 1. The molecule has 1 atom stereocenters. The standard InChI is InChI=1S/C17H21N3O2S/c1-20-8-2-4-13(20)11-22-17(21)19-15-10-12(18)6-7-14(15)16-5-3-9-23-16/h3,5-7,9-10,13H,2,4,8,11,18H2,1H3,(H,19,21). The Bertz CT molecular complexity index is 672. The second-order valence-electron chi connectivity index (χ2n) is 5.78. The topological polar surface area (TPSA) is 67.6 Å². The Balaban J connectivity index is 1.67. The van der Waals surface area contributed by atoms with Gasteiger partial charge in [0, 0.05) is 22.2 Å². The number of likely N-dealkylation sites (N-methyl/N-ethyl adjacent to an activating group) is 1. The molecule has 23 heavy (non-hydrogen) atoms. The first-order chi connectivity index (χ1) is 11.1. The zero-order chi connectivity index (χ0) is 16.2. The van der Waals surface area contributed by atoms with Gasteiger partial charge in [-0.05, 0) is 56.1 Å². The fraction of sp³-hybridized carbons (Fsp3) is 0.353. The molecule has 0 aliphatic carbocycles. The summed E-state index contributed by atoms with van der Waals surface area (Å²) in [6.07, 6.45) is 1.79. The zero-order valence-electron chi connectivity index (χ0n) is 13.1. The van der Waals surface area contributed by atoms with Crippen molar-refractivity contribution in [1.82, 2.24) is 4.90 Å². The Kier molecular flexibility index (Phi) is 4.83. The van der Waals surface area contributed by atoms with Gasteiger partial charge in [-0.15, -0.1) is 11.3 Å². The summed E-state index contributed by atoms with van der Waals surface area (Å²) in [4.78, 5) is 15.4. The van der Waals surface area contributed by atoms with E-state index in [0.29, 0.717) is 24.0 Å². The van der Waals surface area contributed by atoms with E-state index >= 15 is 0 Å². The van der Waals surface area contributed by atoms with Crippen LogP contribution < -0.4 is 11.1 Å². The summed E-state index contributed by atoms with van der Waals surface area (Å²) in [6, 6.07) is 9.83.